The number of ether oxygens (including phenoxy) is 1. The standard InChI is InChI=1S/C22H22BrClN4O3/c1-30-19-8-7-17(11-18(19)24)25-22(29)15-5-3-9-28(12-15)13-20-26-21(27-31-20)14-4-2-6-16(23)10-14/h2,4,6-8,10-11,15H,3,5,9,12-13H2,1H3,(H,25,29). The van der Waals surface area contributed by atoms with Crippen molar-refractivity contribution in [2.45, 2.75) is 19.4 Å². The van der Waals surface area contributed by atoms with Gasteiger partial charge < -0.3 is 14.6 Å². The van der Waals surface area contributed by atoms with E-state index in [1.165, 1.54) is 0 Å². The number of carbonyl (C=O) groups excluding carboxylic acids is 1. The highest BCUT2D eigenvalue weighted by atomic mass is 79.9. The molecule has 1 aliphatic rings. The van der Waals surface area contributed by atoms with Gasteiger partial charge in [-0.25, -0.2) is 0 Å². The number of hydrogen-bond donors (Lipinski definition) is 1. The topological polar surface area (TPSA) is 80.5 Å². The minimum atomic E-state index is -0.123. The zero-order valence-corrected chi connectivity index (χ0v) is 19.3. The van der Waals surface area contributed by atoms with E-state index in [0.717, 1.165) is 29.4 Å². The van der Waals surface area contributed by atoms with Gasteiger partial charge in [0.1, 0.15) is 5.75 Å². The van der Waals surface area contributed by atoms with Crippen molar-refractivity contribution in [3.05, 3.63) is 57.9 Å². The second-order valence-electron chi connectivity index (χ2n) is 7.43. The highest BCUT2D eigenvalue weighted by Crippen LogP contribution is 2.28. The maximum Gasteiger partial charge on any atom is 0.241 e. The predicted octanol–water partition coefficient (Wildman–Crippen LogP) is 5.01. The number of halogens is 2. The molecule has 0 radical (unpaired) electrons. The fourth-order valence-electron chi connectivity index (χ4n) is 3.66. The van der Waals surface area contributed by atoms with Crippen molar-refractivity contribution in [1.82, 2.24) is 15.0 Å². The predicted molar refractivity (Wildman–Crippen MR) is 122 cm³/mol. The highest BCUT2D eigenvalue weighted by Gasteiger charge is 2.27. The summed E-state index contributed by atoms with van der Waals surface area (Å²) >= 11 is 9.61. The Kier molecular flexibility index (Phi) is 6.89. The Balaban J connectivity index is 1.36. The van der Waals surface area contributed by atoms with Gasteiger partial charge in [-0.05, 0) is 49.7 Å². The lowest BCUT2D eigenvalue weighted by Crippen LogP contribution is -2.40. The van der Waals surface area contributed by atoms with E-state index in [1.807, 2.05) is 24.3 Å². The van der Waals surface area contributed by atoms with Gasteiger partial charge >= 0.3 is 0 Å². The smallest absolute Gasteiger partial charge is 0.241 e. The molecule has 1 fully saturated rings. The minimum Gasteiger partial charge on any atom is -0.495 e. The van der Waals surface area contributed by atoms with Crippen molar-refractivity contribution in [3.63, 3.8) is 0 Å². The van der Waals surface area contributed by atoms with Crippen LogP contribution in [0.25, 0.3) is 11.4 Å². The maximum atomic E-state index is 12.8. The number of anilines is 1. The first kappa shape index (κ1) is 21.8. The summed E-state index contributed by atoms with van der Waals surface area (Å²) < 4.78 is 11.6. The number of piperidine rings is 1. The molecular weight excluding hydrogens is 484 g/mol. The Bertz CT molecular complexity index is 1070. The molecule has 1 aromatic heterocycles. The molecule has 2 aromatic carbocycles. The number of likely N-dealkylation sites (tertiary alicyclic amines) is 1. The summed E-state index contributed by atoms with van der Waals surface area (Å²) in [5.41, 5.74) is 1.54. The molecule has 9 heteroatoms. The van der Waals surface area contributed by atoms with Crippen LogP contribution in [0, 0.1) is 5.92 Å². The van der Waals surface area contributed by atoms with Gasteiger partial charge in [0.25, 0.3) is 0 Å². The number of amides is 1. The van der Waals surface area contributed by atoms with Crippen molar-refractivity contribution in [1.29, 1.82) is 0 Å². The van der Waals surface area contributed by atoms with Crippen LogP contribution < -0.4 is 10.1 Å². The van der Waals surface area contributed by atoms with Crippen LogP contribution in [-0.4, -0.2) is 41.1 Å². The number of nitrogens with zero attached hydrogens (tertiary/aromatic N) is 3. The van der Waals surface area contributed by atoms with Crippen LogP contribution in [0.15, 0.2) is 51.5 Å². The van der Waals surface area contributed by atoms with Gasteiger partial charge in [0.05, 0.1) is 24.6 Å². The van der Waals surface area contributed by atoms with Gasteiger partial charge in [0, 0.05) is 22.3 Å². The molecule has 162 valence electrons. The van der Waals surface area contributed by atoms with Gasteiger partial charge in [0.2, 0.25) is 17.6 Å². The van der Waals surface area contributed by atoms with Crippen LogP contribution in [0.4, 0.5) is 5.69 Å². The van der Waals surface area contributed by atoms with Crippen molar-refractivity contribution >= 4 is 39.1 Å². The third-order valence-corrected chi connectivity index (χ3v) is 5.99. The average molecular weight is 506 g/mol. The van der Waals surface area contributed by atoms with Crippen molar-refractivity contribution in [2.75, 3.05) is 25.5 Å². The van der Waals surface area contributed by atoms with Crippen LogP contribution in [-0.2, 0) is 11.3 Å². The largest absolute Gasteiger partial charge is 0.495 e. The van der Waals surface area contributed by atoms with Crippen molar-refractivity contribution in [3.8, 4) is 17.1 Å². The highest BCUT2D eigenvalue weighted by molar-refractivity contribution is 9.10. The molecule has 0 spiro atoms. The molecule has 0 aliphatic carbocycles. The molecular formula is C22H22BrClN4O3. The van der Waals surface area contributed by atoms with E-state index in [-0.39, 0.29) is 11.8 Å². The lowest BCUT2D eigenvalue weighted by atomic mass is 9.97. The number of benzene rings is 2. The molecule has 7 nitrogen and oxygen atoms in total. The van der Waals surface area contributed by atoms with E-state index >= 15 is 0 Å². The van der Waals surface area contributed by atoms with Gasteiger partial charge in [-0.3, -0.25) is 9.69 Å². The molecule has 1 saturated heterocycles. The van der Waals surface area contributed by atoms with Crippen LogP contribution >= 0.6 is 27.5 Å². The maximum absolute atomic E-state index is 12.8. The van der Waals surface area contributed by atoms with Crippen LogP contribution in [0.5, 0.6) is 5.75 Å². The third kappa shape index (κ3) is 5.44. The van der Waals surface area contributed by atoms with Crippen LogP contribution in [0.1, 0.15) is 18.7 Å². The van der Waals surface area contributed by atoms with E-state index in [2.05, 4.69) is 36.3 Å². The summed E-state index contributed by atoms with van der Waals surface area (Å²) in [6.07, 6.45) is 1.76. The van der Waals surface area contributed by atoms with E-state index in [1.54, 1.807) is 25.3 Å². The third-order valence-electron chi connectivity index (χ3n) is 5.21. The SMILES string of the molecule is COc1ccc(NC(=O)C2CCCN(Cc3nc(-c4cccc(Br)c4)no3)C2)cc1Cl. The van der Waals surface area contributed by atoms with Gasteiger partial charge in [-0.15, -0.1) is 0 Å². The summed E-state index contributed by atoms with van der Waals surface area (Å²) in [7, 11) is 1.56. The second kappa shape index (κ2) is 9.80. The molecule has 1 amide bonds. The first-order valence-corrected chi connectivity index (χ1v) is 11.1. The minimum absolute atomic E-state index is 0.0220. The number of aromatic nitrogens is 2. The van der Waals surface area contributed by atoms with Crippen molar-refractivity contribution < 1.29 is 14.1 Å². The Hall–Kier alpha value is -2.42. The molecule has 0 bridgehead atoms. The fourth-order valence-corrected chi connectivity index (χ4v) is 4.31. The average Bonchev–Trinajstić information content (AvgIpc) is 3.22. The lowest BCUT2D eigenvalue weighted by Gasteiger charge is -2.30. The number of nitrogens with one attached hydrogen (secondary N) is 1. The zero-order chi connectivity index (χ0) is 21.8. The van der Waals surface area contributed by atoms with Crippen molar-refractivity contribution in [2.24, 2.45) is 5.92 Å². The lowest BCUT2D eigenvalue weighted by molar-refractivity contribution is -0.121. The normalized spacial score (nSPS) is 16.8. The Morgan fingerprint density at radius 3 is 3.00 bits per heavy atom. The van der Waals surface area contributed by atoms with Gasteiger partial charge in [0.15, 0.2) is 0 Å². The summed E-state index contributed by atoms with van der Waals surface area (Å²) in [6, 6.07) is 13.0. The molecule has 31 heavy (non-hydrogen) atoms. The van der Waals surface area contributed by atoms with E-state index in [9.17, 15) is 4.79 Å². The number of methoxy groups -OCH3 is 1. The first-order chi connectivity index (χ1) is 15.0. The van der Waals surface area contributed by atoms with E-state index in [4.69, 9.17) is 20.9 Å². The first-order valence-electron chi connectivity index (χ1n) is 9.97. The Morgan fingerprint density at radius 2 is 2.23 bits per heavy atom. The fraction of sp³-hybridized carbons (Fsp3) is 0.318. The Labute approximate surface area is 193 Å². The zero-order valence-electron chi connectivity index (χ0n) is 17.0. The molecule has 0 saturated carbocycles. The molecule has 1 atom stereocenters. The molecule has 4 rings (SSSR count). The molecule has 1 unspecified atom stereocenters. The Morgan fingerprint density at radius 1 is 1.35 bits per heavy atom. The number of hydrogen-bond acceptors (Lipinski definition) is 6. The second-order valence-corrected chi connectivity index (χ2v) is 8.76. The number of carbonyl (C=O) groups is 1. The van der Waals surface area contributed by atoms with Gasteiger partial charge in [-0.1, -0.05) is 44.8 Å². The molecule has 1 N–H and O–H groups in total. The summed E-state index contributed by atoms with van der Waals surface area (Å²) in [5.74, 6) is 1.52. The summed E-state index contributed by atoms with van der Waals surface area (Å²) in [6.45, 7) is 2.02. The number of rotatable bonds is 6. The van der Waals surface area contributed by atoms with Gasteiger partial charge in [-0.2, -0.15) is 4.98 Å². The van der Waals surface area contributed by atoms with E-state index in [0.29, 0.717) is 41.3 Å². The monoisotopic (exact) mass is 504 g/mol. The summed E-state index contributed by atoms with van der Waals surface area (Å²) in [4.78, 5) is 19.5. The molecule has 3 aromatic rings. The molecule has 2 heterocycles. The van der Waals surface area contributed by atoms with Crippen LogP contribution in [0.2, 0.25) is 5.02 Å². The summed E-state index contributed by atoms with van der Waals surface area (Å²) in [5, 5.41) is 7.51. The molecule has 1 aliphatic heterocycles. The quantitative estimate of drug-likeness (QED) is 0.507. The van der Waals surface area contributed by atoms with E-state index < -0.39 is 0 Å². The van der Waals surface area contributed by atoms with Crippen LogP contribution in [0.3, 0.4) is 0 Å².